The summed E-state index contributed by atoms with van der Waals surface area (Å²) in [6.07, 6.45) is 9.52. The van der Waals surface area contributed by atoms with Crippen molar-refractivity contribution in [1.29, 1.82) is 0 Å². The van der Waals surface area contributed by atoms with Crippen molar-refractivity contribution in [1.82, 2.24) is 4.90 Å². The van der Waals surface area contributed by atoms with Crippen molar-refractivity contribution in [3.63, 3.8) is 0 Å². The van der Waals surface area contributed by atoms with Crippen molar-refractivity contribution >= 4 is 6.08 Å². The summed E-state index contributed by atoms with van der Waals surface area (Å²) in [5.74, 6) is 1.10. The standard InChI is InChI=1S/C22H33NO/c1-6-10-21(24-5)22(23-13-8-7-9-14-23)19(4)16-20-15-17(2)11-12-18(20)3/h10-12,15-16,22H,6-9,13-14H2,1-5H3/b19-16+,21-10?. The third kappa shape index (κ3) is 4.73. The Morgan fingerprint density at radius 1 is 1.21 bits per heavy atom. The highest BCUT2D eigenvalue weighted by Crippen LogP contribution is 2.26. The lowest BCUT2D eigenvalue weighted by atomic mass is 9.96. The number of rotatable bonds is 6. The maximum atomic E-state index is 5.80. The summed E-state index contributed by atoms with van der Waals surface area (Å²) in [5.41, 5.74) is 5.33. The van der Waals surface area contributed by atoms with E-state index in [-0.39, 0.29) is 6.04 Å². The average Bonchev–Trinajstić information content (AvgIpc) is 2.58. The molecule has 2 nitrogen and oxygen atoms in total. The first-order valence-corrected chi connectivity index (χ1v) is 9.30. The van der Waals surface area contributed by atoms with Gasteiger partial charge in [-0.15, -0.1) is 0 Å². The number of aryl methyl sites for hydroxylation is 2. The van der Waals surface area contributed by atoms with E-state index >= 15 is 0 Å². The molecule has 1 unspecified atom stereocenters. The Morgan fingerprint density at radius 2 is 1.92 bits per heavy atom. The first kappa shape index (κ1) is 18.8. The van der Waals surface area contributed by atoms with Crippen LogP contribution >= 0.6 is 0 Å². The summed E-state index contributed by atoms with van der Waals surface area (Å²) in [6.45, 7) is 11.1. The summed E-state index contributed by atoms with van der Waals surface area (Å²) in [5, 5.41) is 0. The van der Waals surface area contributed by atoms with Crippen molar-refractivity contribution < 1.29 is 4.74 Å². The third-order valence-corrected chi connectivity index (χ3v) is 4.92. The Hall–Kier alpha value is -1.54. The van der Waals surface area contributed by atoms with Gasteiger partial charge in [-0.25, -0.2) is 0 Å². The highest BCUT2D eigenvalue weighted by molar-refractivity contribution is 5.59. The van der Waals surface area contributed by atoms with E-state index in [4.69, 9.17) is 4.74 Å². The molecule has 0 radical (unpaired) electrons. The van der Waals surface area contributed by atoms with Gasteiger partial charge in [-0.1, -0.05) is 43.2 Å². The van der Waals surface area contributed by atoms with E-state index in [0.717, 1.165) is 25.3 Å². The van der Waals surface area contributed by atoms with Crippen molar-refractivity contribution in [3.8, 4) is 0 Å². The van der Waals surface area contributed by atoms with Gasteiger partial charge in [-0.2, -0.15) is 0 Å². The lowest BCUT2D eigenvalue weighted by Gasteiger charge is -2.36. The van der Waals surface area contributed by atoms with Crippen LogP contribution in [0.15, 0.2) is 35.6 Å². The van der Waals surface area contributed by atoms with Crippen molar-refractivity contribution in [2.75, 3.05) is 20.2 Å². The van der Waals surface area contributed by atoms with Crippen LogP contribution in [0.5, 0.6) is 0 Å². The topological polar surface area (TPSA) is 12.5 Å². The monoisotopic (exact) mass is 327 g/mol. The summed E-state index contributed by atoms with van der Waals surface area (Å²) >= 11 is 0. The van der Waals surface area contributed by atoms with Crippen LogP contribution in [0.3, 0.4) is 0 Å². The van der Waals surface area contributed by atoms with Crippen LogP contribution in [0, 0.1) is 13.8 Å². The Balaban J connectivity index is 2.38. The summed E-state index contributed by atoms with van der Waals surface area (Å²) < 4.78 is 5.80. The van der Waals surface area contributed by atoms with E-state index in [1.165, 1.54) is 41.5 Å². The zero-order valence-corrected chi connectivity index (χ0v) is 16.1. The van der Waals surface area contributed by atoms with Gasteiger partial charge in [-0.3, -0.25) is 4.90 Å². The number of nitrogens with zero attached hydrogens (tertiary/aromatic N) is 1. The number of likely N-dealkylation sites (tertiary alicyclic amines) is 1. The molecule has 1 aliphatic heterocycles. The highest BCUT2D eigenvalue weighted by Gasteiger charge is 2.26. The van der Waals surface area contributed by atoms with Gasteiger partial charge < -0.3 is 4.74 Å². The van der Waals surface area contributed by atoms with E-state index in [9.17, 15) is 0 Å². The van der Waals surface area contributed by atoms with Crippen LogP contribution in [0.4, 0.5) is 0 Å². The first-order valence-electron chi connectivity index (χ1n) is 9.30. The number of allylic oxidation sites excluding steroid dienone is 1. The Kier molecular flexibility index (Phi) is 7.11. The van der Waals surface area contributed by atoms with Gasteiger partial charge >= 0.3 is 0 Å². The SMILES string of the molecule is CCC=C(OC)C(/C(C)=C/c1cc(C)ccc1C)N1CCCCC1. The van der Waals surface area contributed by atoms with Gasteiger partial charge in [0, 0.05) is 0 Å². The van der Waals surface area contributed by atoms with Gasteiger partial charge in [0.25, 0.3) is 0 Å². The van der Waals surface area contributed by atoms with E-state index in [2.05, 4.69) is 62.9 Å². The largest absolute Gasteiger partial charge is 0.499 e. The molecule has 1 aromatic rings. The van der Waals surface area contributed by atoms with Crippen molar-refractivity contribution in [2.45, 2.75) is 59.4 Å². The molecule has 0 aliphatic carbocycles. The number of benzene rings is 1. The predicted molar refractivity (Wildman–Crippen MR) is 104 cm³/mol. The maximum Gasteiger partial charge on any atom is 0.113 e. The molecule has 1 aliphatic rings. The molecule has 24 heavy (non-hydrogen) atoms. The molecule has 132 valence electrons. The zero-order valence-electron chi connectivity index (χ0n) is 16.1. The molecule has 2 rings (SSSR count). The highest BCUT2D eigenvalue weighted by atomic mass is 16.5. The number of hydrogen-bond donors (Lipinski definition) is 0. The van der Waals surface area contributed by atoms with Crippen LogP contribution in [-0.4, -0.2) is 31.1 Å². The second-order valence-corrected chi connectivity index (χ2v) is 6.97. The molecule has 1 heterocycles. The Labute approximate surface area is 148 Å². The number of hydrogen-bond acceptors (Lipinski definition) is 2. The second kappa shape index (κ2) is 9.08. The molecular formula is C22H33NO. The van der Waals surface area contributed by atoms with E-state index in [1.807, 2.05) is 7.11 Å². The fraction of sp³-hybridized carbons (Fsp3) is 0.545. The molecule has 0 saturated carbocycles. The smallest absolute Gasteiger partial charge is 0.113 e. The molecule has 1 fully saturated rings. The van der Waals surface area contributed by atoms with Crippen LogP contribution in [0.2, 0.25) is 0 Å². The number of methoxy groups -OCH3 is 1. The zero-order chi connectivity index (χ0) is 17.5. The second-order valence-electron chi connectivity index (χ2n) is 6.97. The Morgan fingerprint density at radius 3 is 2.54 bits per heavy atom. The molecule has 2 heteroatoms. The van der Waals surface area contributed by atoms with Crippen LogP contribution in [0.1, 0.15) is 56.2 Å². The van der Waals surface area contributed by atoms with Gasteiger partial charge in [0.2, 0.25) is 0 Å². The van der Waals surface area contributed by atoms with Gasteiger partial charge in [-0.05, 0) is 75.9 Å². The first-order chi connectivity index (χ1) is 11.6. The van der Waals surface area contributed by atoms with Gasteiger partial charge in [0.1, 0.15) is 5.76 Å². The molecule has 1 atom stereocenters. The summed E-state index contributed by atoms with van der Waals surface area (Å²) in [4.78, 5) is 2.59. The number of ether oxygens (including phenoxy) is 1. The minimum absolute atomic E-state index is 0.259. The van der Waals surface area contributed by atoms with Crippen molar-refractivity contribution in [3.05, 3.63) is 52.3 Å². The molecule has 1 saturated heterocycles. The Bertz CT molecular complexity index is 594. The molecule has 0 bridgehead atoms. The average molecular weight is 328 g/mol. The fourth-order valence-corrected chi connectivity index (χ4v) is 3.62. The van der Waals surface area contributed by atoms with Gasteiger partial charge in [0.15, 0.2) is 0 Å². The molecule has 0 amide bonds. The van der Waals surface area contributed by atoms with Gasteiger partial charge in [0.05, 0.1) is 13.2 Å². The fourth-order valence-electron chi connectivity index (χ4n) is 3.62. The normalized spacial score (nSPS) is 18.5. The molecule has 1 aromatic carbocycles. The van der Waals surface area contributed by atoms with E-state index in [1.54, 1.807) is 0 Å². The minimum Gasteiger partial charge on any atom is -0.499 e. The van der Waals surface area contributed by atoms with Crippen molar-refractivity contribution in [2.24, 2.45) is 0 Å². The van der Waals surface area contributed by atoms with Crippen LogP contribution in [0.25, 0.3) is 6.08 Å². The summed E-state index contributed by atoms with van der Waals surface area (Å²) in [6, 6.07) is 6.93. The molecular weight excluding hydrogens is 294 g/mol. The molecule has 0 spiro atoms. The lowest BCUT2D eigenvalue weighted by molar-refractivity contribution is 0.148. The van der Waals surface area contributed by atoms with E-state index in [0.29, 0.717) is 0 Å². The van der Waals surface area contributed by atoms with E-state index < -0.39 is 0 Å². The quantitative estimate of drug-likeness (QED) is 0.640. The molecule has 0 N–H and O–H groups in total. The predicted octanol–water partition coefficient (Wildman–Crippen LogP) is 5.50. The lowest BCUT2D eigenvalue weighted by Crippen LogP contribution is -2.41. The molecule has 0 aromatic heterocycles. The summed E-state index contributed by atoms with van der Waals surface area (Å²) in [7, 11) is 1.81. The minimum atomic E-state index is 0.259. The van der Waals surface area contributed by atoms with Crippen LogP contribution < -0.4 is 0 Å². The van der Waals surface area contributed by atoms with Crippen LogP contribution in [-0.2, 0) is 4.74 Å². The number of piperidine rings is 1. The third-order valence-electron chi connectivity index (χ3n) is 4.92. The maximum absolute atomic E-state index is 5.80.